The van der Waals surface area contributed by atoms with Gasteiger partial charge in [-0.1, -0.05) is 149 Å². The second kappa shape index (κ2) is 12.5. The number of para-hydroxylation sites is 4. The first-order valence-electron chi connectivity index (χ1n) is 19.7. The Morgan fingerprint density at radius 1 is 0.368 bits per heavy atom. The third-order valence-corrected chi connectivity index (χ3v) is 13.1. The van der Waals surface area contributed by atoms with Gasteiger partial charge >= 0.3 is 0 Å². The maximum atomic E-state index is 4.99. The smallest absolute Gasteiger partial charge is 0.113 e. The average Bonchev–Trinajstić information content (AvgIpc) is 3.73. The topological polar surface area (TPSA) is 32.3 Å². The lowest BCUT2D eigenvalue weighted by Crippen LogP contribution is -2.30. The lowest BCUT2D eigenvalue weighted by molar-refractivity contribution is 0.632. The Balaban J connectivity index is 1.02. The zero-order valence-electron chi connectivity index (χ0n) is 32.4. The molecule has 0 bridgehead atoms. The van der Waals surface area contributed by atoms with Crippen molar-refractivity contribution in [1.82, 2.24) is 8.75 Å². The van der Waals surface area contributed by atoms with Gasteiger partial charge in [-0.3, -0.25) is 0 Å². The molecule has 2 aliphatic rings. The molecule has 0 unspecified atom stereocenters. The van der Waals surface area contributed by atoms with Crippen molar-refractivity contribution in [3.63, 3.8) is 0 Å². The molecule has 0 saturated carbocycles. The van der Waals surface area contributed by atoms with Crippen LogP contribution in [0.1, 0.15) is 49.9 Å². The third-order valence-electron chi connectivity index (χ3n) is 12.5. The van der Waals surface area contributed by atoms with Crippen molar-refractivity contribution in [3.05, 3.63) is 192 Å². The maximum Gasteiger partial charge on any atom is 0.113 e. The number of hydrogen-bond acceptors (Lipinski definition) is 5. The molecule has 1 aromatic heterocycles. The monoisotopic (exact) mass is 752 g/mol. The highest BCUT2D eigenvalue weighted by atomic mass is 32.1. The SMILES string of the molecule is CC1(C)c2ccccc2N(c2ccc(-c3c4ccccc4c(-c4ccc(N5c6ccccc6C(C)(C)c6ccccc65)cc4)c4nsnc34)cc2)c2ccccc21. The van der Waals surface area contributed by atoms with Gasteiger partial charge in [0.25, 0.3) is 0 Å². The summed E-state index contributed by atoms with van der Waals surface area (Å²) >= 11 is 1.29. The summed E-state index contributed by atoms with van der Waals surface area (Å²) in [6.07, 6.45) is 0. The molecule has 0 radical (unpaired) electrons. The van der Waals surface area contributed by atoms with Crippen LogP contribution in [0, 0.1) is 0 Å². The highest BCUT2D eigenvalue weighted by Crippen LogP contribution is 2.54. The molecule has 2 aliphatic heterocycles. The Hall–Kier alpha value is -6.56. The van der Waals surface area contributed by atoms with Crippen molar-refractivity contribution in [2.75, 3.05) is 9.80 Å². The average molecular weight is 753 g/mol. The first-order chi connectivity index (χ1) is 27.8. The highest BCUT2D eigenvalue weighted by molar-refractivity contribution is 7.00. The summed E-state index contributed by atoms with van der Waals surface area (Å²) in [4.78, 5) is 4.82. The minimum atomic E-state index is -0.102. The van der Waals surface area contributed by atoms with Crippen molar-refractivity contribution in [2.24, 2.45) is 0 Å². The van der Waals surface area contributed by atoms with E-state index in [1.165, 1.54) is 67.5 Å². The normalized spacial score (nSPS) is 14.9. The zero-order chi connectivity index (χ0) is 38.5. The molecule has 0 spiro atoms. The van der Waals surface area contributed by atoms with Gasteiger partial charge in [-0.15, -0.1) is 0 Å². The van der Waals surface area contributed by atoms with Crippen LogP contribution in [0.15, 0.2) is 170 Å². The molecule has 0 aliphatic carbocycles. The molecule has 57 heavy (non-hydrogen) atoms. The molecule has 3 heterocycles. The molecule has 0 N–H and O–H groups in total. The van der Waals surface area contributed by atoms with Gasteiger partial charge in [-0.25, -0.2) is 0 Å². The second-order valence-corrected chi connectivity index (χ2v) is 16.9. The Morgan fingerprint density at radius 2 is 0.667 bits per heavy atom. The maximum absolute atomic E-state index is 4.99. The summed E-state index contributed by atoms with van der Waals surface area (Å²) in [6, 6.07) is 62.0. The minimum absolute atomic E-state index is 0.102. The fraction of sp³-hybridized carbons (Fsp3) is 0.115. The minimum Gasteiger partial charge on any atom is -0.310 e. The molecule has 8 aromatic carbocycles. The van der Waals surface area contributed by atoms with E-state index in [9.17, 15) is 0 Å². The number of fused-ring (bicyclic) bond motifs is 6. The molecular weight excluding hydrogens is 713 g/mol. The molecule has 5 heteroatoms. The van der Waals surface area contributed by atoms with Crippen molar-refractivity contribution in [3.8, 4) is 22.3 Å². The Kier molecular flexibility index (Phi) is 7.39. The van der Waals surface area contributed by atoms with Gasteiger partial charge < -0.3 is 9.80 Å². The largest absolute Gasteiger partial charge is 0.310 e. The molecule has 4 nitrogen and oxygen atoms in total. The second-order valence-electron chi connectivity index (χ2n) is 16.3. The van der Waals surface area contributed by atoms with Crippen molar-refractivity contribution < 1.29 is 0 Å². The van der Waals surface area contributed by atoms with Crippen LogP contribution in [-0.4, -0.2) is 8.75 Å². The highest BCUT2D eigenvalue weighted by Gasteiger charge is 2.38. The Morgan fingerprint density at radius 3 is 1.00 bits per heavy atom. The van der Waals surface area contributed by atoms with Crippen LogP contribution in [-0.2, 0) is 10.8 Å². The Labute approximate surface area is 337 Å². The lowest BCUT2D eigenvalue weighted by atomic mass is 9.73. The lowest BCUT2D eigenvalue weighted by Gasteiger charge is -2.42. The van der Waals surface area contributed by atoms with Crippen LogP contribution in [0.25, 0.3) is 44.1 Å². The summed E-state index contributed by atoms with van der Waals surface area (Å²) in [5, 5.41) is 2.34. The van der Waals surface area contributed by atoms with Crippen LogP contribution >= 0.6 is 11.7 Å². The van der Waals surface area contributed by atoms with Crippen molar-refractivity contribution >= 4 is 67.7 Å². The summed E-state index contributed by atoms with van der Waals surface area (Å²) in [5.41, 5.74) is 18.6. The predicted octanol–water partition coefficient (Wildman–Crippen LogP) is 14.4. The van der Waals surface area contributed by atoms with Gasteiger partial charge in [-0.2, -0.15) is 8.75 Å². The van der Waals surface area contributed by atoms with E-state index in [0.29, 0.717) is 0 Å². The number of rotatable bonds is 4. The quantitative estimate of drug-likeness (QED) is 0.179. The van der Waals surface area contributed by atoms with Gasteiger partial charge in [0.05, 0.1) is 34.5 Å². The van der Waals surface area contributed by atoms with Crippen LogP contribution < -0.4 is 9.80 Å². The molecule has 0 fully saturated rings. The van der Waals surface area contributed by atoms with E-state index in [2.05, 4.69) is 207 Å². The molecule has 0 amide bonds. The van der Waals surface area contributed by atoms with E-state index < -0.39 is 0 Å². The van der Waals surface area contributed by atoms with Gasteiger partial charge in [0.1, 0.15) is 11.0 Å². The standard InChI is InChI=1S/C52H40N4S/c1-51(2)39-17-7-11-21-43(39)55(44-22-12-8-18-40(44)51)35-29-25-33(26-30-35)47-37-15-5-6-16-38(37)48(50-49(47)53-57-54-50)34-27-31-36(32-28-34)56-45-23-13-9-19-41(45)52(3,4)42-20-10-14-24-46(42)56/h5-32H,1-4H3. The van der Waals surface area contributed by atoms with Gasteiger partial charge in [0, 0.05) is 33.3 Å². The van der Waals surface area contributed by atoms with Crippen LogP contribution in [0.4, 0.5) is 34.1 Å². The van der Waals surface area contributed by atoms with E-state index in [-0.39, 0.29) is 10.8 Å². The number of aromatic nitrogens is 2. The van der Waals surface area contributed by atoms with E-state index in [1.807, 2.05) is 0 Å². The van der Waals surface area contributed by atoms with Crippen LogP contribution in [0.5, 0.6) is 0 Å². The predicted molar refractivity (Wildman–Crippen MR) is 239 cm³/mol. The van der Waals surface area contributed by atoms with E-state index >= 15 is 0 Å². The van der Waals surface area contributed by atoms with E-state index in [4.69, 9.17) is 8.75 Å². The number of benzene rings is 8. The van der Waals surface area contributed by atoms with Crippen LogP contribution in [0.2, 0.25) is 0 Å². The number of nitrogens with zero attached hydrogens (tertiary/aromatic N) is 4. The third kappa shape index (κ3) is 4.92. The zero-order valence-corrected chi connectivity index (χ0v) is 33.2. The molecule has 11 rings (SSSR count). The Bertz CT molecular complexity index is 2730. The van der Waals surface area contributed by atoms with Crippen molar-refractivity contribution in [1.29, 1.82) is 0 Å². The first kappa shape index (κ1) is 33.8. The van der Waals surface area contributed by atoms with Gasteiger partial charge in [0.15, 0.2) is 0 Å². The molecule has 0 saturated heterocycles. The number of hydrogen-bond donors (Lipinski definition) is 0. The van der Waals surface area contributed by atoms with Crippen LogP contribution in [0.3, 0.4) is 0 Å². The first-order valence-corrected chi connectivity index (χ1v) is 20.4. The van der Waals surface area contributed by atoms with E-state index in [0.717, 1.165) is 44.7 Å². The molecule has 9 aromatic rings. The van der Waals surface area contributed by atoms with Gasteiger partial charge in [-0.05, 0) is 92.7 Å². The fourth-order valence-corrected chi connectivity index (χ4v) is 10.3. The summed E-state index contributed by atoms with van der Waals surface area (Å²) in [5.74, 6) is 0. The van der Waals surface area contributed by atoms with Crippen molar-refractivity contribution in [2.45, 2.75) is 38.5 Å². The number of anilines is 6. The summed E-state index contributed by atoms with van der Waals surface area (Å²) < 4.78 is 9.97. The molecule has 274 valence electrons. The fourth-order valence-electron chi connectivity index (χ4n) is 9.72. The molecular formula is C52H40N4S. The summed E-state index contributed by atoms with van der Waals surface area (Å²) in [7, 11) is 0. The molecule has 0 atom stereocenters. The van der Waals surface area contributed by atoms with E-state index in [1.54, 1.807) is 0 Å². The summed E-state index contributed by atoms with van der Waals surface area (Å²) in [6.45, 7) is 9.31. The van der Waals surface area contributed by atoms with Gasteiger partial charge in [0.2, 0.25) is 0 Å².